The van der Waals surface area contributed by atoms with Crippen molar-refractivity contribution in [3.8, 4) is 0 Å². The molecule has 0 rings (SSSR count). The van der Waals surface area contributed by atoms with Crippen molar-refractivity contribution in [1.29, 1.82) is 0 Å². The number of phosphoric ester groups is 1. The number of carbonyl (C=O) groups is 2. The fourth-order valence-corrected chi connectivity index (χ4v) is 2.31. The third kappa shape index (κ3) is 18.1. The molecular formula is C16H29MgO8P. The molecule has 0 radical (unpaired) electrons. The van der Waals surface area contributed by atoms with Gasteiger partial charge in [-0.3, -0.25) is 9.05 Å². The fourth-order valence-electron chi connectivity index (χ4n) is 1.52. The van der Waals surface area contributed by atoms with E-state index in [1.165, 1.54) is 12.2 Å². The molecule has 10 heteroatoms. The van der Waals surface area contributed by atoms with Crippen LogP contribution in [0.25, 0.3) is 0 Å². The Kier molecular flexibility index (Phi) is 18.7. The molecule has 0 aromatic rings. The summed E-state index contributed by atoms with van der Waals surface area (Å²) in [6, 6.07) is 0. The predicted octanol–water partition coefficient (Wildman–Crippen LogP) is 2.76. The average molecular weight is 405 g/mol. The summed E-state index contributed by atoms with van der Waals surface area (Å²) in [5, 5.41) is 0. The summed E-state index contributed by atoms with van der Waals surface area (Å²) >= 11 is 0. The third-order valence-corrected chi connectivity index (χ3v) is 3.70. The van der Waals surface area contributed by atoms with Gasteiger partial charge in [0.2, 0.25) is 0 Å². The Morgan fingerprint density at radius 3 is 1.54 bits per heavy atom. The summed E-state index contributed by atoms with van der Waals surface area (Å²) in [7, 11) is -4.09. The Morgan fingerprint density at radius 2 is 1.19 bits per heavy atom. The van der Waals surface area contributed by atoms with Crippen LogP contribution in [0.5, 0.6) is 0 Å². The second kappa shape index (κ2) is 17.7. The summed E-state index contributed by atoms with van der Waals surface area (Å²) in [5.41, 5.74) is 0. The zero-order valence-corrected chi connectivity index (χ0v) is 17.7. The Hall–Kier alpha value is -0.704. The first kappa shape index (κ1) is 27.5. The number of allylic oxidation sites excluding steroid dienone is 2. The summed E-state index contributed by atoms with van der Waals surface area (Å²) in [4.78, 5) is 31.5. The normalized spacial score (nSPS) is 13.3. The quantitative estimate of drug-likeness (QED) is 0.155. The zero-order chi connectivity index (χ0) is 19.0. The van der Waals surface area contributed by atoms with Gasteiger partial charge in [0.1, 0.15) is 0 Å². The van der Waals surface area contributed by atoms with Crippen molar-refractivity contribution in [3.05, 3.63) is 24.3 Å². The topological polar surface area (TPSA) is 108 Å². The smallest absolute Gasteiger partial charge is 1.00 e. The van der Waals surface area contributed by atoms with Crippen molar-refractivity contribution in [2.24, 2.45) is 0 Å². The fraction of sp³-hybridized carbons (Fsp3) is 0.625. The van der Waals surface area contributed by atoms with Gasteiger partial charge in [-0.1, -0.05) is 12.2 Å². The van der Waals surface area contributed by atoms with Gasteiger partial charge in [-0.05, 0) is 39.5 Å². The first-order chi connectivity index (χ1) is 11.9. The summed E-state index contributed by atoms with van der Waals surface area (Å²) in [6.45, 7) is 3.91. The molecule has 0 spiro atoms. The molecule has 8 nitrogen and oxygen atoms in total. The van der Waals surface area contributed by atoms with Crippen LogP contribution >= 0.6 is 7.82 Å². The van der Waals surface area contributed by atoms with E-state index in [0.29, 0.717) is 25.7 Å². The van der Waals surface area contributed by atoms with Gasteiger partial charge in [-0.25, -0.2) is 14.2 Å². The summed E-state index contributed by atoms with van der Waals surface area (Å²) < 4.78 is 30.9. The minimum atomic E-state index is -4.09. The number of phosphoric acid groups is 1. The van der Waals surface area contributed by atoms with Gasteiger partial charge in [-0.2, -0.15) is 0 Å². The van der Waals surface area contributed by atoms with Gasteiger partial charge in [0.15, 0.2) is 0 Å². The average Bonchev–Trinajstić information content (AvgIpc) is 2.54. The second-order valence-electron chi connectivity index (χ2n) is 4.88. The number of unbranched alkanes of at least 4 members (excludes halogenated alkanes) is 2. The van der Waals surface area contributed by atoms with Crippen LogP contribution in [0.15, 0.2) is 24.3 Å². The van der Waals surface area contributed by atoms with Crippen LogP contribution in [-0.4, -0.2) is 66.3 Å². The molecule has 0 amide bonds. The number of carbonyl (C=O) groups excluding carboxylic acids is 2. The van der Waals surface area contributed by atoms with E-state index < -0.39 is 19.8 Å². The van der Waals surface area contributed by atoms with Gasteiger partial charge < -0.3 is 17.2 Å². The van der Waals surface area contributed by atoms with Crippen molar-refractivity contribution in [1.82, 2.24) is 0 Å². The number of ether oxygens (including phenoxy) is 2. The van der Waals surface area contributed by atoms with Crippen LogP contribution in [0, 0.1) is 0 Å². The molecule has 0 heterocycles. The Balaban J connectivity index is -0.000000960. The minimum absolute atomic E-state index is 0. The van der Waals surface area contributed by atoms with Gasteiger partial charge in [-0.15, -0.1) is 0 Å². The molecule has 0 saturated heterocycles. The van der Waals surface area contributed by atoms with Crippen molar-refractivity contribution in [2.45, 2.75) is 39.5 Å². The molecule has 0 atom stereocenters. The van der Waals surface area contributed by atoms with Crippen LogP contribution in [0.3, 0.4) is 0 Å². The van der Waals surface area contributed by atoms with Crippen LogP contribution in [-0.2, 0) is 32.7 Å². The van der Waals surface area contributed by atoms with Crippen LogP contribution in [0.4, 0.5) is 0 Å². The molecule has 0 aliphatic heterocycles. The molecule has 0 aromatic heterocycles. The maximum Gasteiger partial charge on any atom is 2.00 e. The standard InChI is InChI=1S/C16H27O8P.Mg.2H/c1-3-9-15(17)21-11-5-7-13-23-25(19,20)24-14-8-6-12-22-16(18)10-4-2;;;/h3-4,9-10H,5-8,11-14H2,1-2H3,(H,19,20);;;/q;+2;2*-1. The van der Waals surface area contributed by atoms with E-state index in [9.17, 15) is 19.0 Å². The van der Waals surface area contributed by atoms with Gasteiger partial charge in [0.05, 0.1) is 26.4 Å². The van der Waals surface area contributed by atoms with Gasteiger partial charge >= 0.3 is 42.8 Å². The maximum atomic E-state index is 11.6. The molecule has 0 aromatic carbocycles. The van der Waals surface area contributed by atoms with Crippen molar-refractivity contribution in [2.75, 3.05) is 26.4 Å². The van der Waals surface area contributed by atoms with E-state index >= 15 is 0 Å². The molecule has 148 valence electrons. The van der Waals surface area contributed by atoms with Crippen molar-refractivity contribution >= 4 is 42.8 Å². The first-order valence-electron chi connectivity index (χ1n) is 8.12. The van der Waals surface area contributed by atoms with E-state index in [4.69, 9.17) is 18.5 Å². The van der Waals surface area contributed by atoms with Crippen LogP contribution in [0.1, 0.15) is 42.4 Å². The number of hydrogen-bond donors (Lipinski definition) is 1. The third-order valence-electron chi connectivity index (χ3n) is 2.68. The monoisotopic (exact) mass is 404 g/mol. The number of hydrogen-bond acceptors (Lipinski definition) is 7. The molecule has 0 fully saturated rings. The largest absolute Gasteiger partial charge is 2.00 e. The minimum Gasteiger partial charge on any atom is -1.00 e. The number of esters is 2. The van der Waals surface area contributed by atoms with E-state index in [-0.39, 0.29) is 52.3 Å². The molecular weight excluding hydrogens is 375 g/mol. The van der Waals surface area contributed by atoms with Crippen molar-refractivity contribution in [3.63, 3.8) is 0 Å². The summed E-state index contributed by atoms with van der Waals surface area (Å²) in [5.74, 6) is -0.841. The van der Waals surface area contributed by atoms with Crippen LogP contribution in [0.2, 0.25) is 0 Å². The van der Waals surface area contributed by atoms with Crippen molar-refractivity contribution < 1.29 is 40.4 Å². The Bertz CT molecular complexity index is 463. The SMILES string of the molecule is CC=CC(=O)OCCCCOP(=O)(O)OCCCCOC(=O)C=CC.[H-].[H-].[Mg+2]. The van der Waals surface area contributed by atoms with E-state index in [2.05, 4.69) is 0 Å². The van der Waals surface area contributed by atoms with E-state index in [1.54, 1.807) is 26.0 Å². The predicted molar refractivity (Wildman–Crippen MR) is 99.7 cm³/mol. The molecule has 0 bridgehead atoms. The zero-order valence-electron chi connectivity index (χ0n) is 17.4. The van der Waals surface area contributed by atoms with Gasteiger partial charge in [0, 0.05) is 12.2 Å². The number of rotatable bonds is 14. The first-order valence-corrected chi connectivity index (χ1v) is 9.61. The Labute approximate surface area is 173 Å². The Morgan fingerprint density at radius 1 is 0.846 bits per heavy atom. The molecule has 26 heavy (non-hydrogen) atoms. The molecule has 1 N–H and O–H groups in total. The molecule has 0 unspecified atom stereocenters. The summed E-state index contributed by atoms with van der Waals surface area (Å²) in [6.07, 6.45) is 7.73. The van der Waals surface area contributed by atoms with Crippen LogP contribution < -0.4 is 0 Å². The van der Waals surface area contributed by atoms with Gasteiger partial charge in [0.25, 0.3) is 0 Å². The molecule has 0 aliphatic carbocycles. The second-order valence-corrected chi connectivity index (χ2v) is 6.34. The van der Waals surface area contributed by atoms with E-state index in [0.717, 1.165) is 0 Å². The molecule has 0 saturated carbocycles. The molecule has 0 aliphatic rings. The van der Waals surface area contributed by atoms with E-state index in [1.807, 2.05) is 0 Å². The maximum absolute atomic E-state index is 11.6.